The summed E-state index contributed by atoms with van der Waals surface area (Å²) in [6.45, 7) is 0. The quantitative estimate of drug-likeness (QED) is 0.569. The number of allylic oxidation sites excluding steroid dienone is 1. The molecule has 0 aromatic carbocycles. The number of carbonyl (C=O) groups excluding carboxylic acids is 1. The van der Waals surface area contributed by atoms with Crippen LogP contribution in [0.3, 0.4) is 0 Å². The molecule has 0 fully saturated rings. The molecule has 45 valence electrons. The van der Waals surface area contributed by atoms with Crippen LogP contribution in [0.2, 0.25) is 0 Å². The molecular formula is C7H5OS. The zero-order valence-electron chi connectivity index (χ0n) is 4.70. The molecule has 0 unspecified atom stereocenters. The maximum Gasteiger partial charge on any atom is 0.225 e. The van der Waals surface area contributed by atoms with Crippen LogP contribution < -0.4 is 0 Å². The molecule has 0 N–H and O–H groups in total. The SMILES string of the molecule is O=[C]/C=C/c1ccsc1. The van der Waals surface area contributed by atoms with Crippen molar-refractivity contribution in [2.75, 3.05) is 0 Å². The van der Waals surface area contributed by atoms with Gasteiger partial charge in [0.15, 0.2) is 0 Å². The number of hydrogen-bond acceptors (Lipinski definition) is 2. The van der Waals surface area contributed by atoms with Crippen molar-refractivity contribution in [3.05, 3.63) is 28.5 Å². The summed E-state index contributed by atoms with van der Waals surface area (Å²) in [6, 6.07) is 1.94. The Morgan fingerprint density at radius 2 is 2.56 bits per heavy atom. The monoisotopic (exact) mass is 137 g/mol. The topological polar surface area (TPSA) is 17.1 Å². The molecule has 1 aromatic heterocycles. The second-order valence-electron chi connectivity index (χ2n) is 1.51. The van der Waals surface area contributed by atoms with Crippen LogP contribution in [0.1, 0.15) is 5.56 Å². The van der Waals surface area contributed by atoms with Gasteiger partial charge >= 0.3 is 0 Å². The maximum absolute atomic E-state index is 9.69. The highest BCUT2D eigenvalue weighted by atomic mass is 32.1. The first kappa shape index (κ1) is 6.23. The molecule has 0 amide bonds. The normalized spacial score (nSPS) is 10.2. The fraction of sp³-hybridized carbons (Fsp3) is 0. The van der Waals surface area contributed by atoms with Gasteiger partial charge in [0.1, 0.15) is 0 Å². The van der Waals surface area contributed by atoms with Crippen LogP contribution in [-0.2, 0) is 4.79 Å². The van der Waals surface area contributed by atoms with E-state index >= 15 is 0 Å². The molecule has 2 heteroatoms. The number of rotatable bonds is 2. The predicted octanol–water partition coefficient (Wildman–Crippen LogP) is 1.87. The average Bonchev–Trinajstić information content (AvgIpc) is 2.34. The lowest BCUT2D eigenvalue weighted by atomic mass is 10.3. The van der Waals surface area contributed by atoms with Gasteiger partial charge in [-0.1, -0.05) is 6.08 Å². The zero-order chi connectivity index (χ0) is 6.53. The Bertz CT molecular complexity index is 199. The third kappa shape index (κ3) is 1.82. The van der Waals surface area contributed by atoms with Crippen LogP contribution in [0.25, 0.3) is 6.08 Å². The van der Waals surface area contributed by atoms with Gasteiger partial charge in [0.05, 0.1) is 0 Å². The molecule has 1 radical (unpaired) electrons. The molecule has 0 saturated carbocycles. The van der Waals surface area contributed by atoms with Gasteiger partial charge in [-0.25, -0.2) is 0 Å². The molecule has 1 nitrogen and oxygen atoms in total. The summed E-state index contributed by atoms with van der Waals surface area (Å²) in [5.74, 6) is 0. The zero-order valence-corrected chi connectivity index (χ0v) is 5.52. The summed E-state index contributed by atoms with van der Waals surface area (Å²) < 4.78 is 0. The molecule has 0 saturated heterocycles. The Labute approximate surface area is 57.6 Å². The van der Waals surface area contributed by atoms with Gasteiger partial charge in [0.2, 0.25) is 6.29 Å². The Morgan fingerprint density at radius 1 is 1.67 bits per heavy atom. The predicted molar refractivity (Wildman–Crippen MR) is 39.0 cm³/mol. The second-order valence-corrected chi connectivity index (χ2v) is 2.29. The molecule has 0 aliphatic heterocycles. The van der Waals surface area contributed by atoms with E-state index in [1.165, 1.54) is 6.08 Å². The van der Waals surface area contributed by atoms with Gasteiger partial charge in [-0.15, -0.1) is 0 Å². The van der Waals surface area contributed by atoms with E-state index in [0.717, 1.165) is 5.56 Å². The first-order valence-electron chi connectivity index (χ1n) is 2.50. The van der Waals surface area contributed by atoms with Crippen molar-refractivity contribution >= 4 is 23.7 Å². The first-order valence-corrected chi connectivity index (χ1v) is 3.44. The van der Waals surface area contributed by atoms with Crippen molar-refractivity contribution in [3.63, 3.8) is 0 Å². The van der Waals surface area contributed by atoms with E-state index in [2.05, 4.69) is 0 Å². The second kappa shape index (κ2) is 3.20. The fourth-order valence-electron chi connectivity index (χ4n) is 0.500. The van der Waals surface area contributed by atoms with E-state index < -0.39 is 0 Å². The Kier molecular flexibility index (Phi) is 2.22. The van der Waals surface area contributed by atoms with E-state index in [1.54, 1.807) is 23.7 Å². The average molecular weight is 137 g/mol. The Morgan fingerprint density at radius 3 is 3.11 bits per heavy atom. The number of thiophene rings is 1. The highest BCUT2D eigenvalue weighted by molar-refractivity contribution is 7.08. The molecule has 1 heterocycles. The molecule has 1 rings (SSSR count). The van der Waals surface area contributed by atoms with Gasteiger partial charge in [-0.05, 0) is 28.5 Å². The van der Waals surface area contributed by atoms with Crippen LogP contribution >= 0.6 is 11.3 Å². The van der Waals surface area contributed by atoms with Gasteiger partial charge in [0, 0.05) is 0 Å². The van der Waals surface area contributed by atoms with Gasteiger partial charge < -0.3 is 0 Å². The lowest BCUT2D eigenvalue weighted by Gasteiger charge is -1.74. The third-order valence-corrected chi connectivity index (χ3v) is 1.59. The van der Waals surface area contributed by atoms with Crippen LogP contribution in [-0.4, -0.2) is 6.29 Å². The molecule has 9 heavy (non-hydrogen) atoms. The van der Waals surface area contributed by atoms with Crippen molar-refractivity contribution in [1.29, 1.82) is 0 Å². The first-order chi connectivity index (χ1) is 4.43. The van der Waals surface area contributed by atoms with Gasteiger partial charge in [-0.3, -0.25) is 4.79 Å². The van der Waals surface area contributed by atoms with E-state index in [0.29, 0.717) is 0 Å². The van der Waals surface area contributed by atoms with Crippen LogP contribution in [0.5, 0.6) is 0 Å². The van der Waals surface area contributed by atoms with E-state index in [-0.39, 0.29) is 0 Å². The summed E-state index contributed by atoms with van der Waals surface area (Å²) >= 11 is 1.61. The van der Waals surface area contributed by atoms with Crippen molar-refractivity contribution in [2.45, 2.75) is 0 Å². The molecule has 1 aromatic rings. The van der Waals surface area contributed by atoms with E-state index in [9.17, 15) is 4.79 Å². The third-order valence-electron chi connectivity index (χ3n) is 0.887. The molecule has 0 atom stereocenters. The van der Waals surface area contributed by atoms with Gasteiger partial charge in [-0.2, -0.15) is 11.3 Å². The summed E-state index contributed by atoms with van der Waals surface area (Å²) in [4.78, 5) is 9.69. The highest BCUT2D eigenvalue weighted by Crippen LogP contribution is 2.06. The minimum atomic E-state index is 1.06. The summed E-state index contributed by atoms with van der Waals surface area (Å²) in [6.07, 6.45) is 4.77. The molecule has 0 bridgehead atoms. The molecule has 0 aliphatic carbocycles. The smallest absolute Gasteiger partial charge is 0.225 e. The van der Waals surface area contributed by atoms with Crippen LogP contribution in [0, 0.1) is 0 Å². The summed E-state index contributed by atoms with van der Waals surface area (Å²) in [7, 11) is 0. The Hall–Kier alpha value is -0.890. The largest absolute Gasteiger partial charge is 0.286 e. The highest BCUT2D eigenvalue weighted by Gasteiger charge is 1.81. The molecule has 0 spiro atoms. The van der Waals surface area contributed by atoms with Crippen molar-refractivity contribution in [1.82, 2.24) is 0 Å². The van der Waals surface area contributed by atoms with Crippen molar-refractivity contribution in [2.24, 2.45) is 0 Å². The Balaban J connectivity index is 2.67. The lowest BCUT2D eigenvalue weighted by Crippen LogP contribution is -1.60. The fourth-order valence-corrected chi connectivity index (χ4v) is 1.13. The van der Waals surface area contributed by atoms with Crippen molar-refractivity contribution < 1.29 is 4.79 Å². The van der Waals surface area contributed by atoms with Crippen molar-refractivity contribution in [3.8, 4) is 0 Å². The van der Waals surface area contributed by atoms with E-state index in [1.807, 2.05) is 16.8 Å². The summed E-state index contributed by atoms with van der Waals surface area (Å²) in [5, 5.41) is 3.93. The minimum Gasteiger partial charge on any atom is -0.286 e. The lowest BCUT2D eigenvalue weighted by molar-refractivity contribution is 0.564. The molecule has 0 aliphatic rings. The number of hydrogen-bond donors (Lipinski definition) is 0. The van der Waals surface area contributed by atoms with Gasteiger partial charge in [0.25, 0.3) is 0 Å². The van der Waals surface area contributed by atoms with Crippen LogP contribution in [0.15, 0.2) is 22.9 Å². The van der Waals surface area contributed by atoms with Crippen LogP contribution in [0.4, 0.5) is 0 Å². The van der Waals surface area contributed by atoms with E-state index in [4.69, 9.17) is 0 Å². The maximum atomic E-state index is 9.69. The minimum absolute atomic E-state index is 1.06. The summed E-state index contributed by atoms with van der Waals surface area (Å²) in [5.41, 5.74) is 1.06. The standard InChI is InChI=1S/C7H5OS/c8-4-1-2-7-3-5-9-6-7/h1-3,5-6H/b2-1+. The molecular weight excluding hydrogens is 132 g/mol.